The van der Waals surface area contributed by atoms with Crippen LogP contribution in [0.4, 0.5) is 8.78 Å². The Kier molecular flexibility index (Phi) is 6.86. The maximum atomic E-state index is 15.4. The third kappa shape index (κ3) is 5.42. The Morgan fingerprint density at radius 2 is 1.76 bits per heavy atom. The van der Waals surface area contributed by atoms with Gasteiger partial charge in [0.25, 0.3) is 0 Å². The van der Waals surface area contributed by atoms with Gasteiger partial charge in [-0.15, -0.1) is 0 Å². The molecule has 0 bridgehead atoms. The molecule has 4 rings (SSSR count). The van der Waals surface area contributed by atoms with E-state index in [-0.39, 0.29) is 17.7 Å². The van der Waals surface area contributed by atoms with Gasteiger partial charge in [-0.2, -0.15) is 0 Å². The summed E-state index contributed by atoms with van der Waals surface area (Å²) < 4.78 is 60.1. The first-order valence-corrected chi connectivity index (χ1v) is 13.8. The van der Waals surface area contributed by atoms with Crippen LogP contribution < -0.4 is 4.74 Å². The molecular formula is C27H34F2O3S. The average molecular weight is 477 g/mol. The van der Waals surface area contributed by atoms with Crippen LogP contribution in [-0.2, 0) is 9.84 Å². The highest BCUT2D eigenvalue weighted by Gasteiger charge is 2.51. The van der Waals surface area contributed by atoms with E-state index < -0.39 is 20.8 Å². The smallest absolute Gasteiger partial charge is 0.214 e. The summed E-state index contributed by atoms with van der Waals surface area (Å²) in [5.41, 5.74) is 2.60. The number of alkyl halides is 1. The molecule has 0 N–H and O–H groups in total. The van der Waals surface area contributed by atoms with Crippen molar-refractivity contribution < 1.29 is 21.9 Å². The predicted molar refractivity (Wildman–Crippen MR) is 128 cm³/mol. The van der Waals surface area contributed by atoms with Crippen molar-refractivity contribution in [2.24, 2.45) is 11.8 Å². The summed E-state index contributed by atoms with van der Waals surface area (Å²) in [5, 5.41) is -2.31. The van der Waals surface area contributed by atoms with Gasteiger partial charge < -0.3 is 4.74 Å². The minimum Gasteiger partial charge on any atom is -0.493 e. The Balaban J connectivity index is 1.38. The van der Waals surface area contributed by atoms with Gasteiger partial charge in [0.2, 0.25) is 5.00 Å². The SMILES string of the molecule is Cc1ccc(F)c(C2CCC(COc3cccc([C@H](C4CC4)[C@@](C)(F)S(C)(=O)=O)c3)CC2)c1. The molecule has 2 aromatic carbocycles. The van der Waals surface area contributed by atoms with E-state index in [0.29, 0.717) is 23.8 Å². The van der Waals surface area contributed by atoms with E-state index in [1.54, 1.807) is 18.2 Å². The lowest BCUT2D eigenvalue weighted by Crippen LogP contribution is -2.37. The molecule has 0 aromatic heterocycles. The minimum atomic E-state index is -3.87. The molecule has 0 unspecified atom stereocenters. The third-order valence-corrected chi connectivity index (χ3v) is 9.22. The van der Waals surface area contributed by atoms with Gasteiger partial charge in [-0.05, 0) is 99.5 Å². The van der Waals surface area contributed by atoms with Crippen LogP contribution in [0.1, 0.15) is 74.0 Å². The second-order valence-corrected chi connectivity index (χ2v) is 12.5. The van der Waals surface area contributed by atoms with Crippen molar-refractivity contribution in [2.45, 2.75) is 69.2 Å². The van der Waals surface area contributed by atoms with E-state index in [1.165, 1.54) is 6.92 Å². The number of sulfone groups is 1. The molecule has 2 atom stereocenters. The lowest BCUT2D eigenvalue weighted by molar-refractivity contribution is 0.198. The topological polar surface area (TPSA) is 43.4 Å². The zero-order valence-corrected chi connectivity index (χ0v) is 20.5. The van der Waals surface area contributed by atoms with Crippen molar-refractivity contribution >= 4 is 9.84 Å². The largest absolute Gasteiger partial charge is 0.493 e. The molecule has 2 aromatic rings. The fraction of sp³-hybridized carbons (Fsp3) is 0.556. The van der Waals surface area contributed by atoms with Crippen LogP contribution in [0.5, 0.6) is 5.75 Å². The first kappa shape index (κ1) is 24.2. The Labute approximate surface area is 196 Å². The average Bonchev–Trinajstić information content (AvgIpc) is 3.59. The molecule has 2 fully saturated rings. The van der Waals surface area contributed by atoms with E-state index in [2.05, 4.69) is 0 Å². The first-order valence-electron chi connectivity index (χ1n) is 11.9. The van der Waals surface area contributed by atoms with Gasteiger partial charge in [-0.25, -0.2) is 17.2 Å². The number of aryl methyl sites for hydroxylation is 1. The fourth-order valence-electron chi connectivity index (χ4n) is 5.28. The van der Waals surface area contributed by atoms with E-state index in [0.717, 1.165) is 55.9 Å². The van der Waals surface area contributed by atoms with Crippen LogP contribution in [0.2, 0.25) is 0 Å². The van der Waals surface area contributed by atoms with Crippen molar-refractivity contribution in [1.82, 2.24) is 0 Å². The van der Waals surface area contributed by atoms with Crippen LogP contribution >= 0.6 is 0 Å². The standard InChI is InChI=1S/C27H34F2O3S/c1-18-7-14-25(28)24(15-18)20-10-8-19(9-11-20)17-32-23-6-4-5-22(16-23)26(21-12-13-21)27(2,29)33(3,30)31/h4-7,14-16,19-21,26H,8-13,17H2,1-3H3/t19?,20?,26-,27-/m0/s1. The molecule has 6 heteroatoms. The van der Waals surface area contributed by atoms with Gasteiger partial charge in [0, 0.05) is 12.2 Å². The fourth-order valence-corrected chi connectivity index (χ4v) is 6.07. The van der Waals surface area contributed by atoms with Crippen LogP contribution in [0.15, 0.2) is 42.5 Å². The maximum absolute atomic E-state index is 15.4. The first-order chi connectivity index (χ1) is 15.6. The Morgan fingerprint density at radius 3 is 2.39 bits per heavy atom. The van der Waals surface area contributed by atoms with E-state index in [1.807, 2.05) is 31.2 Å². The number of ether oxygens (including phenoxy) is 1. The Morgan fingerprint density at radius 1 is 1.06 bits per heavy atom. The van der Waals surface area contributed by atoms with E-state index in [9.17, 15) is 12.8 Å². The summed E-state index contributed by atoms with van der Waals surface area (Å²) in [6, 6.07) is 12.6. The molecule has 0 spiro atoms. The second kappa shape index (κ2) is 9.36. The molecule has 0 heterocycles. The maximum Gasteiger partial charge on any atom is 0.214 e. The van der Waals surface area contributed by atoms with Crippen LogP contribution in [0.3, 0.4) is 0 Å². The van der Waals surface area contributed by atoms with Gasteiger partial charge in [-0.3, -0.25) is 0 Å². The highest BCUT2D eigenvalue weighted by molar-refractivity contribution is 7.91. The molecule has 0 aliphatic heterocycles. The Hall–Kier alpha value is -1.95. The number of benzene rings is 2. The van der Waals surface area contributed by atoms with Crippen molar-refractivity contribution in [1.29, 1.82) is 0 Å². The zero-order valence-electron chi connectivity index (χ0n) is 19.7. The van der Waals surface area contributed by atoms with E-state index >= 15 is 4.39 Å². The molecule has 2 aliphatic rings. The summed E-state index contributed by atoms with van der Waals surface area (Å²) in [7, 11) is -3.87. The quantitative estimate of drug-likeness (QED) is 0.425. The molecule has 0 radical (unpaired) electrons. The monoisotopic (exact) mass is 476 g/mol. The van der Waals surface area contributed by atoms with Gasteiger partial charge >= 0.3 is 0 Å². The molecule has 2 aliphatic carbocycles. The molecule has 0 amide bonds. The van der Waals surface area contributed by atoms with E-state index in [4.69, 9.17) is 4.74 Å². The van der Waals surface area contributed by atoms with Crippen molar-refractivity contribution in [2.75, 3.05) is 12.9 Å². The molecule has 180 valence electrons. The third-order valence-electron chi connectivity index (χ3n) is 7.51. The number of hydrogen-bond acceptors (Lipinski definition) is 3. The highest BCUT2D eigenvalue weighted by atomic mass is 32.2. The molecule has 0 saturated heterocycles. The summed E-state index contributed by atoms with van der Waals surface area (Å²) >= 11 is 0. The van der Waals surface area contributed by atoms with Crippen molar-refractivity contribution in [3.63, 3.8) is 0 Å². The van der Waals surface area contributed by atoms with Crippen molar-refractivity contribution in [3.05, 3.63) is 65.0 Å². The summed E-state index contributed by atoms with van der Waals surface area (Å²) in [4.78, 5) is 0. The lowest BCUT2D eigenvalue weighted by atomic mass is 9.78. The predicted octanol–water partition coefficient (Wildman–Crippen LogP) is 6.71. The lowest BCUT2D eigenvalue weighted by Gasteiger charge is -2.30. The normalized spacial score (nSPS) is 24.2. The van der Waals surface area contributed by atoms with Gasteiger partial charge in [0.05, 0.1) is 6.61 Å². The number of halogens is 2. The number of rotatable bonds is 8. The molecule has 3 nitrogen and oxygen atoms in total. The number of hydrogen-bond donors (Lipinski definition) is 0. The van der Waals surface area contributed by atoms with Crippen LogP contribution in [-0.4, -0.2) is 26.3 Å². The Bertz CT molecular complexity index is 1080. The van der Waals surface area contributed by atoms with Crippen LogP contribution in [0, 0.1) is 24.6 Å². The van der Waals surface area contributed by atoms with Crippen LogP contribution in [0.25, 0.3) is 0 Å². The molecule has 2 saturated carbocycles. The molecule has 33 heavy (non-hydrogen) atoms. The minimum absolute atomic E-state index is 0.0438. The zero-order chi connectivity index (χ0) is 23.8. The van der Waals surface area contributed by atoms with Gasteiger partial charge in [0.1, 0.15) is 11.6 Å². The van der Waals surface area contributed by atoms with Crippen molar-refractivity contribution in [3.8, 4) is 5.75 Å². The van der Waals surface area contributed by atoms with Gasteiger partial charge in [-0.1, -0.05) is 29.8 Å². The summed E-state index contributed by atoms with van der Waals surface area (Å²) in [6.45, 7) is 3.74. The molecular weight excluding hydrogens is 442 g/mol. The second-order valence-electron chi connectivity index (χ2n) is 10.2. The highest BCUT2D eigenvalue weighted by Crippen LogP contribution is 2.51. The summed E-state index contributed by atoms with van der Waals surface area (Å²) in [6.07, 6.45) is 6.48. The van der Waals surface area contributed by atoms with Gasteiger partial charge in [0.15, 0.2) is 9.84 Å². The summed E-state index contributed by atoms with van der Waals surface area (Å²) in [5.74, 6) is 0.532.